The van der Waals surface area contributed by atoms with Crippen LogP contribution in [-0.2, 0) is 5.41 Å². The quantitative estimate of drug-likeness (QED) is 0.619. The molecule has 1 aromatic rings. The summed E-state index contributed by atoms with van der Waals surface area (Å²) in [5.41, 5.74) is 1.37. The van der Waals surface area contributed by atoms with E-state index >= 15 is 0 Å². The predicted molar refractivity (Wildman–Crippen MR) is 89.4 cm³/mol. The minimum Gasteiger partial charge on any atom is -0.343 e. The van der Waals surface area contributed by atoms with Gasteiger partial charge in [-0.25, -0.2) is 0 Å². The maximum absolute atomic E-state index is 11.9. The average molecular weight is 334 g/mol. The first kappa shape index (κ1) is 17.7. The largest absolute Gasteiger partial charge is 0.343 e. The minimum absolute atomic E-state index is 0.114. The Morgan fingerprint density at radius 3 is 2.30 bits per heavy atom. The van der Waals surface area contributed by atoms with Gasteiger partial charge in [-0.2, -0.15) is 0 Å². The maximum Gasteiger partial charge on any atom is 0.284 e. The van der Waals surface area contributed by atoms with Gasteiger partial charge in [0.2, 0.25) is 0 Å². The van der Waals surface area contributed by atoms with E-state index in [0.29, 0.717) is 5.88 Å². The molecule has 0 aliphatic rings. The van der Waals surface area contributed by atoms with E-state index in [4.69, 9.17) is 23.2 Å². The van der Waals surface area contributed by atoms with Crippen LogP contribution in [0, 0.1) is 0 Å². The molecule has 0 spiro atoms. The highest BCUT2D eigenvalue weighted by Gasteiger charge is 2.17. The number of nitrogens with one attached hydrogen (secondary N) is 1. The number of carbonyl (C=O) groups is 1. The van der Waals surface area contributed by atoms with Crippen LogP contribution in [0.5, 0.6) is 0 Å². The Morgan fingerprint density at radius 1 is 1.30 bits per heavy atom. The van der Waals surface area contributed by atoms with Crippen LogP contribution < -0.4 is 5.32 Å². The van der Waals surface area contributed by atoms with Gasteiger partial charge in [-0.15, -0.1) is 23.2 Å². The van der Waals surface area contributed by atoms with Crippen molar-refractivity contribution >= 4 is 40.2 Å². The van der Waals surface area contributed by atoms with E-state index in [1.165, 1.54) is 17.3 Å². The van der Waals surface area contributed by atoms with Gasteiger partial charge in [0, 0.05) is 16.8 Å². The van der Waals surface area contributed by atoms with E-state index in [1.807, 2.05) is 19.1 Å². The second-order valence-corrected chi connectivity index (χ2v) is 7.68. The lowest BCUT2D eigenvalue weighted by atomic mass is 9.87. The Morgan fingerprint density at radius 2 is 1.85 bits per heavy atom. The van der Waals surface area contributed by atoms with Crippen LogP contribution in [0.2, 0.25) is 0 Å². The van der Waals surface area contributed by atoms with Gasteiger partial charge >= 0.3 is 0 Å². The van der Waals surface area contributed by atoms with Crippen molar-refractivity contribution < 1.29 is 4.79 Å². The van der Waals surface area contributed by atoms with Gasteiger partial charge in [0.25, 0.3) is 5.24 Å². The van der Waals surface area contributed by atoms with Gasteiger partial charge in [0.15, 0.2) is 0 Å². The summed E-state index contributed by atoms with van der Waals surface area (Å²) < 4.78 is 0. The molecule has 1 amide bonds. The molecule has 112 valence electrons. The lowest BCUT2D eigenvalue weighted by Gasteiger charge is -2.19. The number of hydrogen-bond donors (Lipinski definition) is 1. The van der Waals surface area contributed by atoms with Gasteiger partial charge in [0.05, 0.1) is 5.38 Å². The summed E-state index contributed by atoms with van der Waals surface area (Å²) in [6.07, 6.45) is 0. The molecule has 1 aromatic carbocycles. The van der Waals surface area contributed by atoms with E-state index in [2.05, 4.69) is 38.2 Å². The van der Waals surface area contributed by atoms with Crippen molar-refractivity contribution in [1.82, 2.24) is 5.32 Å². The second kappa shape index (κ2) is 7.58. The summed E-state index contributed by atoms with van der Waals surface area (Å²) in [7, 11) is 0. The Kier molecular flexibility index (Phi) is 6.70. The summed E-state index contributed by atoms with van der Waals surface area (Å²) in [6, 6.07) is 7.90. The molecule has 2 atom stereocenters. The third-order valence-electron chi connectivity index (χ3n) is 2.97. The first-order chi connectivity index (χ1) is 9.24. The number of carbonyl (C=O) groups excluding carboxylic acids is 1. The van der Waals surface area contributed by atoms with Crippen molar-refractivity contribution in [3.63, 3.8) is 0 Å². The zero-order chi connectivity index (χ0) is 15.3. The number of rotatable bonds is 4. The molecule has 0 aliphatic heterocycles. The highest BCUT2D eigenvalue weighted by atomic mass is 35.5. The number of benzene rings is 1. The van der Waals surface area contributed by atoms with E-state index in [1.54, 1.807) is 0 Å². The van der Waals surface area contributed by atoms with Crippen LogP contribution >= 0.6 is 35.0 Å². The number of alkyl halides is 2. The van der Waals surface area contributed by atoms with E-state index in [0.717, 1.165) is 4.90 Å². The fraction of sp³-hybridized carbons (Fsp3) is 0.533. The normalized spacial score (nSPS) is 14.7. The smallest absolute Gasteiger partial charge is 0.284 e. The molecule has 0 aromatic heterocycles. The third-order valence-corrected chi connectivity index (χ3v) is 4.80. The Hall–Kier alpha value is -0.380. The van der Waals surface area contributed by atoms with Crippen molar-refractivity contribution in [3.05, 3.63) is 29.8 Å². The van der Waals surface area contributed by atoms with Crippen molar-refractivity contribution in [1.29, 1.82) is 0 Å². The summed E-state index contributed by atoms with van der Waals surface area (Å²) in [6.45, 7) is 8.34. The summed E-state index contributed by atoms with van der Waals surface area (Å²) in [5.74, 6) is 0.313. The first-order valence-electron chi connectivity index (χ1n) is 6.53. The molecular formula is C15H21Cl2NOS. The number of halogens is 2. The molecule has 0 heterocycles. The predicted octanol–water partition coefficient (Wildman–Crippen LogP) is 5.02. The molecule has 0 radical (unpaired) electrons. The molecule has 0 saturated carbocycles. The van der Waals surface area contributed by atoms with Gasteiger partial charge in [0.1, 0.15) is 0 Å². The lowest BCUT2D eigenvalue weighted by molar-refractivity contribution is 0.258. The topological polar surface area (TPSA) is 29.1 Å². The molecular weight excluding hydrogens is 313 g/mol. The fourth-order valence-corrected chi connectivity index (χ4v) is 2.63. The third kappa shape index (κ3) is 5.55. The van der Waals surface area contributed by atoms with Crippen LogP contribution in [0.1, 0.15) is 33.3 Å². The van der Waals surface area contributed by atoms with E-state index in [-0.39, 0.29) is 22.1 Å². The van der Waals surface area contributed by atoms with Crippen LogP contribution in [0.4, 0.5) is 4.79 Å². The minimum atomic E-state index is -0.260. The van der Waals surface area contributed by atoms with Crippen molar-refractivity contribution in [2.45, 2.75) is 49.4 Å². The fourth-order valence-electron chi connectivity index (χ4n) is 1.57. The molecule has 1 N–H and O–H groups in total. The zero-order valence-corrected chi connectivity index (χ0v) is 14.6. The summed E-state index contributed by atoms with van der Waals surface area (Å²) in [5, 5.41) is 2.46. The first-order valence-corrected chi connectivity index (χ1v) is 8.31. The number of thioether (sulfide) groups is 1. The molecule has 0 fully saturated rings. The monoisotopic (exact) mass is 333 g/mol. The van der Waals surface area contributed by atoms with Crippen LogP contribution in [0.3, 0.4) is 0 Å². The molecule has 2 unspecified atom stereocenters. The Bertz CT molecular complexity index is 442. The molecule has 2 nitrogen and oxygen atoms in total. The maximum atomic E-state index is 11.9. The molecule has 0 saturated heterocycles. The van der Waals surface area contributed by atoms with E-state index in [9.17, 15) is 4.79 Å². The Labute approximate surface area is 135 Å². The highest BCUT2D eigenvalue weighted by Crippen LogP contribution is 2.26. The molecule has 1 rings (SSSR count). The van der Waals surface area contributed by atoms with Crippen molar-refractivity contribution in [2.24, 2.45) is 0 Å². The number of hydrogen-bond acceptors (Lipinski definition) is 2. The number of amides is 1. The van der Waals surface area contributed by atoms with Gasteiger partial charge in [-0.05, 0) is 41.8 Å². The van der Waals surface area contributed by atoms with Crippen molar-refractivity contribution in [2.75, 3.05) is 5.88 Å². The second-order valence-electron chi connectivity index (χ2n) is 5.77. The van der Waals surface area contributed by atoms with Gasteiger partial charge in [-0.1, -0.05) is 32.9 Å². The SMILES string of the molecule is CC(NC(=O)Sc1ccc(C(C)(C)C)cc1)C(Cl)CCl. The van der Waals surface area contributed by atoms with Gasteiger partial charge in [-0.3, -0.25) is 4.79 Å². The van der Waals surface area contributed by atoms with Crippen LogP contribution in [0.25, 0.3) is 0 Å². The molecule has 0 bridgehead atoms. The zero-order valence-electron chi connectivity index (χ0n) is 12.2. The highest BCUT2D eigenvalue weighted by molar-refractivity contribution is 8.13. The van der Waals surface area contributed by atoms with Crippen LogP contribution in [0.15, 0.2) is 29.2 Å². The Balaban J connectivity index is 2.59. The summed E-state index contributed by atoms with van der Waals surface area (Å²) in [4.78, 5) is 12.8. The molecule has 20 heavy (non-hydrogen) atoms. The van der Waals surface area contributed by atoms with Crippen LogP contribution in [-0.4, -0.2) is 22.5 Å². The van der Waals surface area contributed by atoms with Gasteiger partial charge < -0.3 is 5.32 Å². The van der Waals surface area contributed by atoms with Crippen molar-refractivity contribution in [3.8, 4) is 0 Å². The lowest BCUT2D eigenvalue weighted by Crippen LogP contribution is -2.37. The molecule has 5 heteroatoms. The van der Waals surface area contributed by atoms with E-state index < -0.39 is 0 Å². The standard InChI is InChI=1S/C15H21Cl2NOS/c1-10(13(17)9-16)18-14(19)20-12-7-5-11(6-8-12)15(2,3)4/h5-8,10,13H,9H2,1-4H3,(H,18,19). The summed E-state index contributed by atoms with van der Waals surface area (Å²) >= 11 is 12.8. The average Bonchev–Trinajstić information content (AvgIpc) is 2.37. The molecule has 0 aliphatic carbocycles.